The van der Waals surface area contributed by atoms with Gasteiger partial charge < -0.3 is 10.2 Å². The maximum absolute atomic E-state index is 8.60. The predicted octanol–water partition coefficient (Wildman–Crippen LogP) is 1.74. The molecular formula is C10H18O2+. The summed E-state index contributed by atoms with van der Waals surface area (Å²) in [7, 11) is 0. The van der Waals surface area contributed by atoms with Crippen molar-refractivity contribution in [2.45, 2.75) is 51.2 Å². The van der Waals surface area contributed by atoms with Crippen molar-refractivity contribution < 1.29 is 10.2 Å². The van der Waals surface area contributed by atoms with Gasteiger partial charge in [-0.15, -0.1) is 0 Å². The second kappa shape index (κ2) is 5.44. The average molecular weight is 170 g/mol. The van der Waals surface area contributed by atoms with Crippen LogP contribution in [0.2, 0.25) is 0 Å². The minimum absolute atomic E-state index is 0.441. The Balaban J connectivity index is 1.98. The van der Waals surface area contributed by atoms with Gasteiger partial charge in [0.05, 0.1) is 0 Å². The Kier molecular flexibility index (Phi) is 4.48. The molecule has 0 saturated heterocycles. The van der Waals surface area contributed by atoms with Crippen molar-refractivity contribution in [1.82, 2.24) is 0 Å². The first kappa shape index (κ1) is 9.87. The van der Waals surface area contributed by atoms with Crippen LogP contribution in [0, 0.1) is 12.3 Å². The zero-order valence-corrected chi connectivity index (χ0v) is 7.50. The van der Waals surface area contributed by atoms with E-state index in [1.54, 1.807) is 0 Å². The Labute approximate surface area is 74.6 Å². The summed E-state index contributed by atoms with van der Waals surface area (Å²) in [6, 6.07) is 0. The maximum Gasteiger partial charge on any atom is 0.275 e. The van der Waals surface area contributed by atoms with Crippen LogP contribution in [-0.4, -0.2) is 16.5 Å². The Morgan fingerprint density at radius 1 is 1.17 bits per heavy atom. The van der Waals surface area contributed by atoms with E-state index in [0.29, 0.717) is 12.3 Å². The molecule has 1 radical (unpaired) electrons. The van der Waals surface area contributed by atoms with E-state index < -0.39 is 6.29 Å². The van der Waals surface area contributed by atoms with Gasteiger partial charge in [0, 0.05) is 6.42 Å². The van der Waals surface area contributed by atoms with E-state index in [0.717, 1.165) is 6.42 Å². The van der Waals surface area contributed by atoms with E-state index in [1.165, 1.54) is 32.1 Å². The lowest BCUT2D eigenvalue weighted by Crippen LogP contribution is -2.09. The summed E-state index contributed by atoms with van der Waals surface area (Å²) in [6.07, 6.45) is 9.85. The summed E-state index contributed by atoms with van der Waals surface area (Å²) >= 11 is 0. The highest BCUT2D eigenvalue weighted by molar-refractivity contribution is 4.79. The Morgan fingerprint density at radius 2 is 1.83 bits per heavy atom. The zero-order chi connectivity index (χ0) is 8.81. The molecule has 0 aromatic rings. The number of rotatable bonds is 4. The van der Waals surface area contributed by atoms with Crippen LogP contribution in [0.5, 0.6) is 0 Å². The van der Waals surface area contributed by atoms with E-state index in [9.17, 15) is 0 Å². The Morgan fingerprint density at radius 3 is 2.42 bits per heavy atom. The van der Waals surface area contributed by atoms with Crippen molar-refractivity contribution >= 4 is 0 Å². The molecule has 1 aliphatic rings. The molecule has 1 aliphatic carbocycles. The summed E-state index contributed by atoms with van der Waals surface area (Å²) in [5.41, 5.74) is 0. The van der Waals surface area contributed by atoms with Crippen molar-refractivity contribution in [2.24, 2.45) is 5.92 Å². The molecule has 1 saturated carbocycles. The summed E-state index contributed by atoms with van der Waals surface area (Å²) in [6.45, 7) is 0. The fraction of sp³-hybridized carbons (Fsp3) is 0.900. The molecule has 0 aromatic carbocycles. The third-order valence-electron chi connectivity index (χ3n) is 2.44. The second-order valence-electron chi connectivity index (χ2n) is 3.56. The molecule has 1 rings (SSSR count). The highest BCUT2D eigenvalue weighted by atomic mass is 16.5. The lowest BCUT2D eigenvalue weighted by Gasteiger charge is -2.11. The van der Waals surface area contributed by atoms with Crippen molar-refractivity contribution in [1.29, 1.82) is 0 Å². The van der Waals surface area contributed by atoms with E-state index in [2.05, 4.69) is 6.42 Å². The molecule has 0 aromatic heterocycles. The van der Waals surface area contributed by atoms with Crippen molar-refractivity contribution in [3.63, 3.8) is 0 Å². The van der Waals surface area contributed by atoms with Crippen LogP contribution >= 0.6 is 0 Å². The molecule has 0 heterocycles. The standard InChI is InChI=1S/C10H18O2/c11-10(12)8-4-7-9-5-2-1-3-6-9/h9-12H,1-6,8H2/q+1. The van der Waals surface area contributed by atoms with E-state index in [4.69, 9.17) is 10.2 Å². The van der Waals surface area contributed by atoms with Crippen LogP contribution in [-0.2, 0) is 0 Å². The van der Waals surface area contributed by atoms with Gasteiger partial charge >= 0.3 is 0 Å². The van der Waals surface area contributed by atoms with Crippen LogP contribution in [0.1, 0.15) is 44.9 Å². The number of aliphatic hydroxyl groups excluding tert-OH is 1. The topological polar surface area (TPSA) is 40.5 Å². The lowest BCUT2D eigenvalue weighted by molar-refractivity contribution is -0.0452. The van der Waals surface area contributed by atoms with Gasteiger partial charge in [-0.3, -0.25) is 0 Å². The Bertz CT molecular complexity index is 106. The molecule has 0 atom stereocenters. The van der Waals surface area contributed by atoms with Gasteiger partial charge in [0.1, 0.15) is 12.3 Å². The molecule has 0 spiro atoms. The molecule has 1 fully saturated rings. The first-order chi connectivity index (χ1) is 5.79. The van der Waals surface area contributed by atoms with Crippen LogP contribution in [0.25, 0.3) is 0 Å². The van der Waals surface area contributed by atoms with Crippen molar-refractivity contribution in [3.8, 4) is 0 Å². The first-order valence-electron chi connectivity index (χ1n) is 4.88. The number of aliphatic hydroxyl groups is 2. The van der Waals surface area contributed by atoms with Crippen LogP contribution in [0.3, 0.4) is 0 Å². The molecule has 0 amide bonds. The smallest absolute Gasteiger partial charge is 0.275 e. The van der Waals surface area contributed by atoms with Gasteiger partial charge in [0.25, 0.3) is 6.42 Å². The third kappa shape index (κ3) is 3.98. The van der Waals surface area contributed by atoms with Crippen molar-refractivity contribution in [2.75, 3.05) is 0 Å². The normalized spacial score (nSPS) is 19.9. The average Bonchev–Trinajstić information content (AvgIpc) is 2.05. The monoisotopic (exact) mass is 170 g/mol. The van der Waals surface area contributed by atoms with Gasteiger partial charge in [-0.1, -0.05) is 6.42 Å². The zero-order valence-electron chi connectivity index (χ0n) is 7.50. The molecule has 69 valence electrons. The van der Waals surface area contributed by atoms with Crippen LogP contribution in [0.15, 0.2) is 0 Å². The van der Waals surface area contributed by atoms with Gasteiger partial charge in [-0.2, -0.15) is 0 Å². The Hall–Kier alpha value is -0.210. The fourth-order valence-corrected chi connectivity index (χ4v) is 1.72. The van der Waals surface area contributed by atoms with Gasteiger partial charge in [0.2, 0.25) is 0 Å². The van der Waals surface area contributed by atoms with E-state index in [-0.39, 0.29) is 0 Å². The van der Waals surface area contributed by atoms with E-state index in [1.807, 2.05) is 0 Å². The number of hydrogen-bond donors (Lipinski definition) is 2. The van der Waals surface area contributed by atoms with Gasteiger partial charge in [0.15, 0.2) is 6.29 Å². The van der Waals surface area contributed by atoms with Gasteiger partial charge in [-0.05, 0) is 25.7 Å². The second-order valence-corrected chi connectivity index (χ2v) is 3.56. The molecule has 0 aliphatic heterocycles. The fourth-order valence-electron chi connectivity index (χ4n) is 1.72. The SMILES string of the molecule is OC(O)CC[C+]C1CCCCC1. The van der Waals surface area contributed by atoms with Crippen molar-refractivity contribution in [3.05, 3.63) is 6.42 Å². The molecular weight excluding hydrogens is 152 g/mol. The summed E-state index contributed by atoms with van der Waals surface area (Å²) in [5.74, 6) is 0.623. The summed E-state index contributed by atoms with van der Waals surface area (Å²) < 4.78 is 0. The van der Waals surface area contributed by atoms with Crippen LogP contribution in [0.4, 0.5) is 0 Å². The molecule has 2 N–H and O–H groups in total. The maximum atomic E-state index is 8.60. The highest BCUT2D eigenvalue weighted by Crippen LogP contribution is 2.26. The minimum atomic E-state index is -1.15. The third-order valence-corrected chi connectivity index (χ3v) is 2.44. The summed E-state index contributed by atoms with van der Waals surface area (Å²) in [5, 5.41) is 17.2. The molecule has 0 unspecified atom stereocenters. The molecule has 0 bridgehead atoms. The quantitative estimate of drug-likeness (QED) is 0.498. The first-order valence-corrected chi connectivity index (χ1v) is 4.88. The van der Waals surface area contributed by atoms with Gasteiger partial charge in [-0.25, -0.2) is 0 Å². The summed E-state index contributed by atoms with van der Waals surface area (Å²) in [4.78, 5) is 0. The van der Waals surface area contributed by atoms with Crippen LogP contribution < -0.4 is 0 Å². The highest BCUT2D eigenvalue weighted by Gasteiger charge is 2.25. The molecule has 2 heteroatoms. The molecule has 2 nitrogen and oxygen atoms in total. The van der Waals surface area contributed by atoms with E-state index >= 15 is 0 Å². The minimum Gasteiger partial charge on any atom is -0.368 e. The predicted molar refractivity (Wildman–Crippen MR) is 47.3 cm³/mol. The lowest BCUT2D eigenvalue weighted by atomic mass is 9.86. The molecule has 12 heavy (non-hydrogen) atoms. The largest absolute Gasteiger partial charge is 0.368 e. The number of hydrogen-bond acceptors (Lipinski definition) is 2.